The van der Waals surface area contributed by atoms with Gasteiger partial charge in [-0.3, -0.25) is 14.5 Å². The Labute approximate surface area is 157 Å². The van der Waals surface area contributed by atoms with Gasteiger partial charge in [0.25, 0.3) is 5.91 Å². The van der Waals surface area contributed by atoms with Crippen LogP contribution in [-0.4, -0.2) is 42.4 Å². The topological polar surface area (TPSA) is 87.7 Å². The molecule has 0 radical (unpaired) electrons. The molecule has 0 aromatic heterocycles. The summed E-state index contributed by atoms with van der Waals surface area (Å²) in [7, 11) is 1.55. The largest absolute Gasteiger partial charge is 0.497 e. The average molecular weight is 367 g/mol. The minimum Gasteiger partial charge on any atom is -0.497 e. The van der Waals surface area contributed by atoms with Gasteiger partial charge in [0, 0.05) is 5.69 Å². The van der Waals surface area contributed by atoms with E-state index in [0.29, 0.717) is 24.3 Å². The van der Waals surface area contributed by atoms with Crippen LogP contribution < -0.4 is 15.4 Å². The van der Waals surface area contributed by atoms with E-state index in [0.717, 1.165) is 10.5 Å². The molecule has 0 bridgehead atoms. The highest BCUT2D eigenvalue weighted by Crippen LogP contribution is 2.16. The number of aryl methyl sites for hydroxylation is 1. The fourth-order valence-electron chi connectivity index (χ4n) is 2.90. The monoisotopic (exact) mass is 367 g/mol. The molecular weight excluding hydrogens is 346 g/mol. The van der Waals surface area contributed by atoms with Gasteiger partial charge in [-0.25, -0.2) is 4.79 Å². The summed E-state index contributed by atoms with van der Waals surface area (Å²) in [5.41, 5.74) is 1.66. The molecule has 1 aliphatic rings. The standard InChI is InChI=1S/C20H21N3O4/c1-27-16-10-8-15(9-11-16)21-18(24)13-23-19(25)17(22-20(23)26)12-7-14-5-3-2-4-6-14/h2-6,8-11,17H,7,12-13H2,1H3,(H,21,24)(H,22,26)/t17-/m0/s1. The van der Waals surface area contributed by atoms with Gasteiger partial charge in [0.15, 0.2) is 0 Å². The van der Waals surface area contributed by atoms with Gasteiger partial charge < -0.3 is 15.4 Å². The number of carbonyl (C=O) groups excluding carboxylic acids is 3. The van der Waals surface area contributed by atoms with Crippen LogP contribution >= 0.6 is 0 Å². The number of urea groups is 1. The van der Waals surface area contributed by atoms with Gasteiger partial charge in [0.1, 0.15) is 18.3 Å². The second-order valence-corrected chi connectivity index (χ2v) is 6.23. The zero-order chi connectivity index (χ0) is 19.2. The van der Waals surface area contributed by atoms with E-state index in [-0.39, 0.29) is 12.5 Å². The van der Waals surface area contributed by atoms with E-state index in [1.165, 1.54) is 0 Å². The summed E-state index contributed by atoms with van der Waals surface area (Å²) in [5.74, 6) is -0.142. The average Bonchev–Trinajstić information content (AvgIpc) is 2.95. The van der Waals surface area contributed by atoms with Crippen molar-refractivity contribution in [1.29, 1.82) is 0 Å². The van der Waals surface area contributed by atoms with E-state index in [1.807, 2.05) is 30.3 Å². The number of rotatable bonds is 7. The molecule has 1 saturated heterocycles. The van der Waals surface area contributed by atoms with Crippen LogP contribution in [0, 0.1) is 0 Å². The summed E-state index contributed by atoms with van der Waals surface area (Å²) in [4.78, 5) is 37.7. The summed E-state index contributed by atoms with van der Waals surface area (Å²) in [5, 5.41) is 5.31. The van der Waals surface area contributed by atoms with Crippen molar-refractivity contribution in [2.75, 3.05) is 19.0 Å². The van der Waals surface area contributed by atoms with Crippen LogP contribution in [0.2, 0.25) is 0 Å². The molecule has 0 saturated carbocycles. The molecule has 7 heteroatoms. The van der Waals surface area contributed by atoms with Gasteiger partial charge in [0.2, 0.25) is 5.91 Å². The molecule has 27 heavy (non-hydrogen) atoms. The number of nitrogens with zero attached hydrogens (tertiary/aromatic N) is 1. The van der Waals surface area contributed by atoms with Gasteiger partial charge in [-0.1, -0.05) is 30.3 Å². The number of amides is 4. The molecule has 4 amide bonds. The van der Waals surface area contributed by atoms with Crippen LogP contribution in [0.3, 0.4) is 0 Å². The Bertz CT molecular complexity index is 821. The van der Waals surface area contributed by atoms with Gasteiger partial charge in [-0.15, -0.1) is 0 Å². The van der Waals surface area contributed by atoms with Crippen molar-refractivity contribution in [1.82, 2.24) is 10.2 Å². The Kier molecular flexibility index (Phi) is 5.71. The number of hydrogen-bond acceptors (Lipinski definition) is 4. The normalized spacial score (nSPS) is 16.2. The Morgan fingerprint density at radius 2 is 1.81 bits per heavy atom. The van der Waals surface area contributed by atoms with E-state index in [9.17, 15) is 14.4 Å². The van der Waals surface area contributed by atoms with Crippen molar-refractivity contribution in [3.8, 4) is 5.75 Å². The number of benzene rings is 2. The number of hydrogen-bond donors (Lipinski definition) is 2. The second-order valence-electron chi connectivity index (χ2n) is 6.23. The molecule has 1 atom stereocenters. The Hall–Kier alpha value is -3.35. The zero-order valence-electron chi connectivity index (χ0n) is 15.0. The lowest BCUT2D eigenvalue weighted by Crippen LogP contribution is -2.38. The lowest BCUT2D eigenvalue weighted by molar-refractivity contribution is -0.130. The van der Waals surface area contributed by atoms with Crippen molar-refractivity contribution >= 4 is 23.5 Å². The van der Waals surface area contributed by atoms with E-state index in [2.05, 4.69) is 10.6 Å². The summed E-state index contributed by atoms with van der Waals surface area (Å²) in [6.07, 6.45) is 1.16. The molecule has 0 unspecified atom stereocenters. The fraction of sp³-hybridized carbons (Fsp3) is 0.250. The van der Waals surface area contributed by atoms with E-state index in [1.54, 1.807) is 31.4 Å². The predicted molar refractivity (Wildman–Crippen MR) is 100 cm³/mol. The molecule has 2 aromatic rings. The van der Waals surface area contributed by atoms with Gasteiger partial charge in [-0.2, -0.15) is 0 Å². The number of anilines is 1. The molecule has 2 N–H and O–H groups in total. The number of ether oxygens (including phenoxy) is 1. The molecule has 7 nitrogen and oxygen atoms in total. The summed E-state index contributed by atoms with van der Waals surface area (Å²) < 4.78 is 5.06. The van der Waals surface area contributed by atoms with Crippen LogP contribution in [0.1, 0.15) is 12.0 Å². The smallest absolute Gasteiger partial charge is 0.325 e. The van der Waals surface area contributed by atoms with Crippen LogP contribution in [0.4, 0.5) is 10.5 Å². The molecule has 140 valence electrons. The van der Waals surface area contributed by atoms with E-state index < -0.39 is 18.0 Å². The third-order valence-corrected chi connectivity index (χ3v) is 4.35. The minimum absolute atomic E-state index is 0.321. The summed E-state index contributed by atoms with van der Waals surface area (Å²) in [6, 6.07) is 15.4. The molecular formula is C20H21N3O4. The third kappa shape index (κ3) is 4.63. The van der Waals surface area contributed by atoms with E-state index >= 15 is 0 Å². The van der Waals surface area contributed by atoms with Gasteiger partial charge in [0.05, 0.1) is 7.11 Å². The van der Waals surface area contributed by atoms with Crippen molar-refractivity contribution in [2.24, 2.45) is 0 Å². The van der Waals surface area contributed by atoms with Gasteiger partial charge in [-0.05, 0) is 42.7 Å². The molecule has 1 heterocycles. The highest BCUT2D eigenvalue weighted by atomic mass is 16.5. The lowest BCUT2D eigenvalue weighted by atomic mass is 10.1. The second kappa shape index (κ2) is 8.35. The first-order chi connectivity index (χ1) is 13.1. The van der Waals surface area contributed by atoms with Crippen LogP contribution in [-0.2, 0) is 16.0 Å². The summed E-state index contributed by atoms with van der Waals surface area (Å²) in [6.45, 7) is -0.321. The number of nitrogens with one attached hydrogen (secondary N) is 2. The number of methoxy groups -OCH3 is 1. The SMILES string of the molecule is COc1ccc(NC(=O)CN2C(=O)N[C@@H](CCc3ccccc3)C2=O)cc1. The first-order valence-electron chi connectivity index (χ1n) is 8.66. The quantitative estimate of drug-likeness (QED) is 0.735. The maximum absolute atomic E-state index is 12.5. The first-order valence-corrected chi connectivity index (χ1v) is 8.66. The maximum atomic E-state index is 12.5. The minimum atomic E-state index is -0.605. The molecule has 2 aromatic carbocycles. The van der Waals surface area contributed by atoms with Crippen molar-refractivity contribution < 1.29 is 19.1 Å². The van der Waals surface area contributed by atoms with Gasteiger partial charge >= 0.3 is 6.03 Å². The predicted octanol–water partition coefficient (Wildman–Crippen LogP) is 2.19. The fourth-order valence-corrected chi connectivity index (χ4v) is 2.90. The first kappa shape index (κ1) is 18.4. The zero-order valence-corrected chi connectivity index (χ0v) is 15.0. The van der Waals surface area contributed by atoms with Crippen LogP contribution in [0.15, 0.2) is 54.6 Å². The number of carbonyl (C=O) groups is 3. The van der Waals surface area contributed by atoms with E-state index in [4.69, 9.17) is 4.74 Å². The van der Waals surface area contributed by atoms with Crippen molar-refractivity contribution in [3.63, 3.8) is 0 Å². The Morgan fingerprint density at radius 1 is 1.11 bits per heavy atom. The van der Waals surface area contributed by atoms with Crippen molar-refractivity contribution in [2.45, 2.75) is 18.9 Å². The Balaban J connectivity index is 1.53. The molecule has 0 aliphatic carbocycles. The van der Waals surface area contributed by atoms with Crippen LogP contribution in [0.25, 0.3) is 0 Å². The lowest BCUT2D eigenvalue weighted by Gasteiger charge is -2.13. The molecule has 3 rings (SSSR count). The van der Waals surface area contributed by atoms with Crippen LogP contribution in [0.5, 0.6) is 5.75 Å². The summed E-state index contributed by atoms with van der Waals surface area (Å²) >= 11 is 0. The molecule has 1 fully saturated rings. The Morgan fingerprint density at radius 3 is 2.48 bits per heavy atom. The third-order valence-electron chi connectivity index (χ3n) is 4.35. The number of imide groups is 1. The highest BCUT2D eigenvalue weighted by Gasteiger charge is 2.38. The maximum Gasteiger partial charge on any atom is 0.325 e. The molecule has 0 spiro atoms. The highest BCUT2D eigenvalue weighted by molar-refractivity contribution is 6.07. The molecule has 1 aliphatic heterocycles. The van der Waals surface area contributed by atoms with Crippen molar-refractivity contribution in [3.05, 3.63) is 60.2 Å².